The molecule has 5 saturated carbocycles. The third-order valence-corrected chi connectivity index (χ3v) is 5.93. The molecule has 0 amide bonds. The van der Waals surface area contributed by atoms with Gasteiger partial charge < -0.3 is 4.74 Å². The van der Waals surface area contributed by atoms with E-state index in [2.05, 4.69) is 6.07 Å². The lowest BCUT2D eigenvalue weighted by molar-refractivity contribution is -0.158. The van der Waals surface area contributed by atoms with E-state index in [0.29, 0.717) is 17.8 Å². The van der Waals surface area contributed by atoms with Gasteiger partial charge in [0.05, 0.1) is 5.92 Å². The third kappa shape index (κ3) is 1.96. The monoisotopic (exact) mass is 259 g/mol. The first-order valence-electron chi connectivity index (χ1n) is 7.84. The van der Waals surface area contributed by atoms with Crippen molar-refractivity contribution in [3.05, 3.63) is 0 Å². The SMILES string of the molecule is N#CC(OC(=O)C1CC1)C1C2CC3CC(C2)CC1C3. The molecule has 0 N–H and O–H groups in total. The van der Waals surface area contributed by atoms with Gasteiger partial charge in [-0.05, 0) is 68.6 Å². The number of nitrogens with zero attached hydrogens (tertiary/aromatic N) is 1. The minimum absolute atomic E-state index is 0.104. The van der Waals surface area contributed by atoms with Crippen LogP contribution in [-0.2, 0) is 9.53 Å². The number of nitriles is 1. The zero-order valence-corrected chi connectivity index (χ0v) is 11.3. The quantitative estimate of drug-likeness (QED) is 0.732. The molecule has 5 aliphatic carbocycles. The van der Waals surface area contributed by atoms with E-state index in [1.807, 2.05) is 0 Å². The second kappa shape index (κ2) is 4.23. The number of ether oxygens (including phenoxy) is 1. The van der Waals surface area contributed by atoms with E-state index < -0.39 is 6.10 Å². The maximum atomic E-state index is 11.8. The first-order chi connectivity index (χ1) is 9.24. The summed E-state index contributed by atoms with van der Waals surface area (Å²) in [5.74, 6) is 3.42. The zero-order valence-electron chi connectivity index (χ0n) is 11.3. The van der Waals surface area contributed by atoms with Gasteiger partial charge in [-0.3, -0.25) is 4.79 Å². The Morgan fingerprint density at radius 3 is 2.11 bits per heavy atom. The van der Waals surface area contributed by atoms with Gasteiger partial charge in [0.1, 0.15) is 6.07 Å². The lowest BCUT2D eigenvalue weighted by Crippen LogP contribution is -2.50. The Hall–Kier alpha value is -1.04. The summed E-state index contributed by atoms with van der Waals surface area (Å²) in [7, 11) is 0. The Morgan fingerprint density at radius 1 is 1.05 bits per heavy atom. The summed E-state index contributed by atoms with van der Waals surface area (Å²) in [6.07, 6.45) is 7.96. The molecule has 1 atom stereocenters. The van der Waals surface area contributed by atoms with Gasteiger partial charge in [0.25, 0.3) is 0 Å². The van der Waals surface area contributed by atoms with Crippen LogP contribution >= 0.6 is 0 Å². The molecule has 1 unspecified atom stereocenters. The van der Waals surface area contributed by atoms with Gasteiger partial charge in [0.15, 0.2) is 6.10 Å². The van der Waals surface area contributed by atoms with Crippen LogP contribution in [0.3, 0.4) is 0 Å². The Morgan fingerprint density at radius 2 is 1.63 bits per heavy atom. The van der Waals surface area contributed by atoms with Gasteiger partial charge in [-0.2, -0.15) is 5.26 Å². The van der Waals surface area contributed by atoms with Crippen LogP contribution in [0.4, 0.5) is 0 Å². The minimum atomic E-state index is -0.469. The predicted octanol–water partition coefficient (Wildman–Crippen LogP) is 2.90. The van der Waals surface area contributed by atoms with Crippen molar-refractivity contribution in [3.8, 4) is 6.07 Å². The van der Waals surface area contributed by atoms with E-state index in [9.17, 15) is 10.1 Å². The summed E-state index contributed by atoms with van der Waals surface area (Å²) < 4.78 is 5.55. The van der Waals surface area contributed by atoms with Gasteiger partial charge in [-0.1, -0.05) is 0 Å². The number of carbonyl (C=O) groups is 1. The smallest absolute Gasteiger partial charge is 0.310 e. The van der Waals surface area contributed by atoms with Crippen molar-refractivity contribution in [2.45, 2.75) is 51.0 Å². The molecule has 3 nitrogen and oxygen atoms in total. The second-order valence-electron chi connectivity index (χ2n) is 7.27. The molecule has 0 aromatic rings. The van der Waals surface area contributed by atoms with Crippen molar-refractivity contribution in [1.29, 1.82) is 5.26 Å². The van der Waals surface area contributed by atoms with Crippen LogP contribution in [0.15, 0.2) is 0 Å². The molecule has 5 rings (SSSR count). The first kappa shape index (κ1) is 11.8. The summed E-state index contributed by atoms with van der Waals surface area (Å²) in [5, 5.41) is 9.43. The van der Waals surface area contributed by atoms with E-state index >= 15 is 0 Å². The molecule has 4 bridgehead atoms. The topological polar surface area (TPSA) is 50.1 Å². The fourth-order valence-electron chi connectivity index (χ4n) is 5.19. The molecule has 3 heteroatoms. The summed E-state index contributed by atoms with van der Waals surface area (Å²) in [6.45, 7) is 0. The molecule has 102 valence electrons. The van der Waals surface area contributed by atoms with Gasteiger partial charge in [0, 0.05) is 5.92 Å². The minimum Gasteiger partial charge on any atom is -0.446 e. The van der Waals surface area contributed by atoms with Gasteiger partial charge in [-0.25, -0.2) is 0 Å². The fourth-order valence-corrected chi connectivity index (χ4v) is 5.19. The maximum Gasteiger partial charge on any atom is 0.310 e. The molecule has 0 aromatic heterocycles. The Labute approximate surface area is 114 Å². The average Bonchev–Trinajstić information content (AvgIpc) is 3.20. The predicted molar refractivity (Wildman–Crippen MR) is 68.8 cm³/mol. The van der Waals surface area contributed by atoms with Gasteiger partial charge in [0.2, 0.25) is 0 Å². The average molecular weight is 259 g/mol. The van der Waals surface area contributed by atoms with Crippen molar-refractivity contribution in [2.75, 3.05) is 0 Å². The van der Waals surface area contributed by atoms with E-state index in [4.69, 9.17) is 4.74 Å². The molecule has 0 aliphatic heterocycles. The molecule has 0 spiro atoms. The highest BCUT2D eigenvalue weighted by Gasteiger charge is 2.52. The van der Waals surface area contributed by atoms with Crippen LogP contribution in [0.25, 0.3) is 0 Å². The molecule has 0 radical (unpaired) electrons. The normalized spacial score (nSPS) is 44.7. The molecular weight excluding hydrogens is 238 g/mol. The van der Waals surface area contributed by atoms with Gasteiger partial charge in [-0.15, -0.1) is 0 Å². The first-order valence-corrected chi connectivity index (χ1v) is 7.84. The van der Waals surface area contributed by atoms with Crippen LogP contribution in [-0.4, -0.2) is 12.1 Å². The Kier molecular flexibility index (Phi) is 2.62. The second-order valence-corrected chi connectivity index (χ2v) is 7.27. The fraction of sp³-hybridized carbons (Fsp3) is 0.875. The van der Waals surface area contributed by atoms with E-state index in [0.717, 1.165) is 24.7 Å². The van der Waals surface area contributed by atoms with E-state index in [-0.39, 0.29) is 11.9 Å². The number of hydrogen-bond donors (Lipinski definition) is 0. The van der Waals surface area contributed by atoms with E-state index in [1.54, 1.807) is 0 Å². The summed E-state index contributed by atoms with van der Waals surface area (Å²) in [6, 6.07) is 2.30. The highest BCUT2D eigenvalue weighted by atomic mass is 16.5. The zero-order chi connectivity index (χ0) is 13.0. The maximum absolute atomic E-state index is 11.8. The number of hydrogen-bond acceptors (Lipinski definition) is 3. The molecule has 5 fully saturated rings. The summed E-state index contributed by atoms with van der Waals surface area (Å²) in [5.41, 5.74) is 0. The lowest BCUT2D eigenvalue weighted by Gasteiger charge is -2.55. The molecule has 5 aliphatic rings. The Balaban J connectivity index is 1.50. The summed E-state index contributed by atoms with van der Waals surface area (Å²) in [4.78, 5) is 11.8. The molecular formula is C16H21NO2. The number of esters is 1. The van der Waals surface area contributed by atoms with E-state index in [1.165, 1.54) is 32.1 Å². The van der Waals surface area contributed by atoms with Crippen molar-refractivity contribution >= 4 is 5.97 Å². The largest absolute Gasteiger partial charge is 0.446 e. The molecule has 0 aromatic carbocycles. The standard InChI is InChI=1S/C16H21NO2/c17-8-14(19-16(18)11-1-2-11)15-12-4-9-3-10(6-12)7-13(15)5-9/h9-15H,1-7H2. The van der Waals surface area contributed by atoms with Gasteiger partial charge >= 0.3 is 5.97 Å². The van der Waals surface area contributed by atoms with Crippen LogP contribution in [0.2, 0.25) is 0 Å². The van der Waals surface area contributed by atoms with Crippen LogP contribution in [0.1, 0.15) is 44.9 Å². The van der Waals surface area contributed by atoms with Crippen molar-refractivity contribution in [2.24, 2.45) is 35.5 Å². The molecule has 0 saturated heterocycles. The van der Waals surface area contributed by atoms with Crippen molar-refractivity contribution in [3.63, 3.8) is 0 Å². The Bertz CT molecular complexity index is 407. The van der Waals surface area contributed by atoms with Crippen LogP contribution < -0.4 is 0 Å². The van der Waals surface area contributed by atoms with Crippen molar-refractivity contribution < 1.29 is 9.53 Å². The number of carbonyl (C=O) groups excluding carboxylic acids is 1. The highest BCUT2D eigenvalue weighted by Crippen LogP contribution is 2.57. The van der Waals surface area contributed by atoms with Crippen molar-refractivity contribution in [1.82, 2.24) is 0 Å². The van der Waals surface area contributed by atoms with Crippen LogP contribution in [0.5, 0.6) is 0 Å². The lowest BCUT2D eigenvalue weighted by atomic mass is 9.51. The highest BCUT2D eigenvalue weighted by molar-refractivity contribution is 5.75. The summed E-state index contributed by atoms with van der Waals surface area (Å²) >= 11 is 0. The third-order valence-electron chi connectivity index (χ3n) is 5.93. The molecule has 19 heavy (non-hydrogen) atoms. The molecule has 0 heterocycles. The number of rotatable bonds is 3. The van der Waals surface area contributed by atoms with Crippen LogP contribution in [0, 0.1) is 46.8 Å².